The van der Waals surface area contributed by atoms with Gasteiger partial charge in [0.15, 0.2) is 0 Å². The minimum Gasteiger partial charge on any atom is -0.481 e. The molecule has 1 rings (SSSR count). The maximum Gasteiger partial charge on any atom is 0.304 e. The van der Waals surface area contributed by atoms with E-state index in [1.54, 1.807) is 13.8 Å². The zero-order chi connectivity index (χ0) is 11.6. The van der Waals surface area contributed by atoms with Crippen LogP contribution < -0.4 is 0 Å². The summed E-state index contributed by atoms with van der Waals surface area (Å²) in [6.45, 7) is 3.71. The number of aliphatic carboxylic acids is 1. The monoisotopic (exact) mass is 235 g/mol. The Morgan fingerprint density at radius 1 is 1.53 bits per heavy atom. The van der Waals surface area contributed by atoms with E-state index in [0.717, 1.165) is 0 Å². The van der Waals surface area contributed by atoms with Crippen LogP contribution in [0.15, 0.2) is 0 Å². The molecule has 1 N–H and O–H groups in total. The fraction of sp³-hybridized carbons (Fsp3) is 0.889. The van der Waals surface area contributed by atoms with Crippen LogP contribution in [-0.4, -0.2) is 41.6 Å². The molecule has 0 aromatic rings. The molecule has 0 spiro atoms. The van der Waals surface area contributed by atoms with E-state index in [-0.39, 0.29) is 11.7 Å². The summed E-state index contributed by atoms with van der Waals surface area (Å²) in [5, 5.41) is 8.36. The van der Waals surface area contributed by atoms with Gasteiger partial charge in [0.1, 0.15) is 0 Å². The highest BCUT2D eigenvalue weighted by Gasteiger charge is 2.41. The third kappa shape index (κ3) is 2.92. The Kier molecular flexibility index (Phi) is 3.72. The first-order chi connectivity index (χ1) is 6.89. The van der Waals surface area contributed by atoms with Crippen molar-refractivity contribution in [2.75, 3.05) is 6.54 Å². The average Bonchev–Trinajstić information content (AvgIpc) is 2.84. The molecular weight excluding hydrogens is 218 g/mol. The molecule has 1 fully saturated rings. The quantitative estimate of drug-likeness (QED) is 0.734. The van der Waals surface area contributed by atoms with E-state index in [0.29, 0.717) is 19.4 Å². The fourth-order valence-electron chi connectivity index (χ4n) is 1.65. The molecule has 15 heavy (non-hydrogen) atoms. The van der Waals surface area contributed by atoms with Crippen molar-refractivity contribution >= 4 is 16.0 Å². The van der Waals surface area contributed by atoms with E-state index in [4.69, 9.17) is 5.11 Å². The maximum atomic E-state index is 11.9. The normalized spacial score (nSPS) is 19.1. The summed E-state index contributed by atoms with van der Waals surface area (Å²) < 4.78 is 25.1. The van der Waals surface area contributed by atoms with Crippen molar-refractivity contribution in [1.29, 1.82) is 0 Å². The van der Waals surface area contributed by atoms with Gasteiger partial charge in [-0.1, -0.05) is 6.92 Å². The van der Waals surface area contributed by atoms with Crippen molar-refractivity contribution < 1.29 is 18.3 Å². The zero-order valence-corrected chi connectivity index (χ0v) is 9.83. The Balaban J connectivity index is 2.73. The maximum absolute atomic E-state index is 11.9. The highest BCUT2D eigenvalue weighted by molar-refractivity contribution is 7.90. The van der Waals surface area contributed by atoms with Crippen molar-refractivity contribution in [1.82, 2.24) is 4.31 Å². The topological polar surface area (TPSA) is 74.7 Å². The van der Waals surface area contributed by atoms with Gasteiger partial charge in [-0.3, -0.25) is 4.79 Å². The number of hydrogen-bond acceptors (Lipinski definition) is 3. The molecule has 0 radical (unpaired) electrons. The van der Waals surface area contributed by atoms with E-state index < -0.39 is 22.0 Å². The minimum absolute atomic E-state index is 0.139. The van der Waals surface area contributed by atoms with Crippen LogP contribution in [0.3, 0.4) is 0 Å². The SMILES string of the molecule is CCN(C(C)CC(=O)O)S(=O)(=O)C1CC1. The molecule has 1 unspecified atom stereocenters. The number of sulfonamides is 1. The summed E-state index contributed by atoms with van der Waals surface area (Å²) in [5.74, 6) is -0.966. The van der Waals surface area contributed by atoms with E-state index in [1.807, 2.05) is 0 Å². The Morgan fingerprint density at radius 2 is 2.07 bits per heavy atom. The van der Waals surface area contributed by atoms with E-state index >= 15 is 0 Å². The van der Waals surface area contributed by atoms with Gasteiger partial charge in [-0.25, -0.2) is 8.42 Å². The van der Waals surface area contributed by atoms with Gasteiger partial charge in [0, 0.05) is 12.6 Å². The first-order valence-corrected chi connectivity index (χ1v) is 6.62. The van der Waals surface area contributed by atoms with Gasteiger partial charge < -0.3 is 5.11 Å². The van der Waals surface area contributed by atoms with Crippen LogP contribution in [0.25, 0.3) is 0 Å². The molecule has 88 valence electrons. The van der Waals surface area contributed by atoms with Crippen LogP contribution in [-0.2, 0) is 14.8 Å². The number of rotatable bonds is 6. The summed E-state index contributed by atoms with van der Waals surface area (Å²) in [4.78, 5) is 10.5. The molecule has 1 atom stereocenters. The summed E-state index contributed by atoms with van der Waals surface area (Å²) in [6, 6.07) is -0.460. The molecule has 0 aromatic heterocycles. The molecule has 0 bridgehead atoms. The van der Waals surface area contributed by atoms with Crippen LogP contribution in [0.5, 0.6) is 0 Å². The number of carbonyl (C=O) groups is 1. The lowest BCUT2D eigenvalue weighted by atomic mass is 10.2. The van der Waals surface area contributed by atoms with Crippen LogP contribution >= 0.6 is 0 Å². The van der Waals surface area contributed by atoms with Crippen LogP contribution in [0.4, 0.5) is 0 Å². The summed E-state index contributed by atoms with van der Waals surface area (Å²) in [6.07, 6.45) is 1.27. The smallest absolute Gasteiger partial charge is 0.304 e. The molecule has 6 heteroatoms. The average molecular weight is 235 g/mol. The van der Waals surface area contributed by atoms with Crippen molar-refractivity contribution in [3.05, 3.63) is 0 Å². The predicted octanol–water partition coefficient (Wildman–Crippen LogP) is 0.664. The number of nitrogens with zero attached hydrogens (tertiary/aromatic N) is 1. The molecule has 1 aliphatic carbocycles. The van der Waals surface area contributed by atoms with Gasteiger partial charge in [-0.15, -0.1) is 0 Å². The molecule has 0 aromatic carbocycles. The van der Waals surface area contributed by atoms with Crippen molar-refractivity contribution in [3.63, 3.8) is 0 Å². The van der Waals surface area contributed by atoms with Crippen LogP contribution in [0.1, 0.15) is 33.1 Å². The molecule has 0 heterocycles. The van der Waals surface area contributed by atoms with E-state index in [2.05, 4.69) is 0 Å². The fourth-order valence-corrected chi connectivity index (χ4v) is 3.71. The molecule has 0 aliphatic heterocycles. The van der Waals surface area contributed by atoms with Gasteiger partial charge in [-0.2, -0.15) is 4.31 Å². The summed E-state index contributed by atoms with van der Waals surface area (Å²) in [5.41, 5.74) is 0. The lowest BCUT2D eigenvalue weighted by Crippen LogP contribution is -2.41. The van der Waals surface area contributed by atoms with E-state index in [1.165, 1.54) is 4.31 Å². The Bertz CT molecular complexity index is 334. The highest BCUT2D eigenvalue weighted by atomic mass is 32.2. The largest absolute Gasteiger partial charge is 0.481 e. The van der Waals surface area contributed by atoms with Gasteiger partial charge in [-0.05, 0) is 19.8 Å². The third-order valence-electron chi connectivity index (χ3n) is 2.55. The second-order valence-corrected chi connectivity index (χ2v) is 6.06. The standard InChI is InChI=1S/C9H17NO4S/c1-3-10(7(2)6-9(11)12)15(13,14)8-4-5-8/h7-8H,3-6H2,1-2H3,(H,11,12). The first kappa shape index (κ1) is 12.4. The third-order valence-corrected chi connectivity index (χ3v) is 5.13. The van der Waals surface area contributed by atoms with Gasteiger partial charge >= 0.3 is 5.97 Å². The Labute approximate surface area is 90.1 Å². The second kappa shape index (κ2) is 4.49. The van der Waals surface area contributed by atoms with Crippen molar-refractivity contribution in [2.24, 2.45) is 0 Å². The van der Waals surface area contributed by atoms with Crippen molar-refractivity contribution in [2.45, 2.75) is 44.4 Å². The van der Waals surface area contributed by atoms with Gasteiger partial charge in [0.2, 0.25) is 10.0 Å². The molecule has 5 nitrogen and oxygen atoms in total. The lowest BCUT2D eigenvalue weighted by molar-refractivity contribution is -0.137. The second-order valence-electron chi connectivity index (χ2n) is 3.89. The molecular formula is C9H17NO4S. The highest BCUT2D eigenvalue weighted by Crippen LogP contribution is 2.32. The summed E-state index contributed by atoms with van der Waals surface area (Å²) >= 11 is 0. The molecule has 0 amide bonds. The van der Waals surface area contributed by atoms with Gasteiger partial charge in [0.05, 0.1) is 11.7 Å². The van der Waals surface area contributed by atoms with Crippen LogP contribution in [0, 0.1) is 0 Å². The molecule has 1 aliphatic rings. The van der Waals surface area contributed by atoms with E-state index in [9.17, 15) is 13.2 Å². The van der Waals surface area contributed by atoms with Crippen LogP contribution in [0.2, 0.25) is 0 Å². The predicted molar refractivity (Wildman–Crippen MR) is 56.0 cm³/mol. The Hall–Kier alpha value is -0.620. The number of carboxylic acids is 1. The van der Waals surface area contributed by atoms with Gasteiger partial charge in [0.25, 0.3) is 0 Å². The molecule has 1 saturated carbocycles. The molecule has 0 saturated heterocycles. The van der Waals surface area contributed by atoms with Crippen molar-refractivity contribution in [3.8, 4) is 0 Å². The minimum atomic E-state index is -3.25. The first-order valence-electron chi connectivity index (χ1n) is 5.12. The zero-order valence-electron chi connectivity index (χ0n) is 9.01. The number of hydrogen-bond donors (Lipinski definition) is 1. The lowest BCUT2D eigenvalue weighted by Gasteiger charge is -2.25. The summed E-state index contributed by atoms with van der Waals surface area (Å²) in [7, 11) is -3.25. The number of carboxylic acid groups (broad SMARTS) is 1. The Morgan fingerprint density at radius 3 is 2.40 bits per heavy atom.